The molecule has 0 saturated carbocycles. The molecule has 6 heteroatoms. The summed E-state index contributed by atoms with van der Waals surface area (Å²) in [5, 5.41) is 1.42. The van der Waals surface area contributed by atoms with Crippen LogP contribution in [0.25, 0.3) is 22.2 Å². The molecule has 0 bridgehead atoms. The Bertz CT molecular complexity index is 1240. The fourth-order valence-electron chi connectivity index (χ4n) is 4.00. The lowest BCUT2D eigenvalue weighted by Crippen LogP contribution is -2.18. The maximum Gasteiger partial charge on any atom is 0.140 e. The number of para-hydroxylation sites is 1. The fourth-order valence-corrected chi connectivity index (χ4v) is 5.26. The Morgan fingerprint density at radius 3 is 2.52 bits per heavy atom. The molecule has 29 heavy (non-hydrogen) atoms. The van der Waals surface area contributed by atoms with Crippen molar-refractivity contribution in [2.45, 2.75) is 22.8 Å². The molecule has 5 rings (SSSR count). The third kappa shape index (κ3) is 3.19. The van der Waals surface area contributed by atoms with Gasteiger partial charge in [-0.3, -0.25) is 0 Å². The van der Waals surface area contributed by atoms with E-state index in [0.717, 1.165) is 40.9 Å². The Hall–Kier alpha value is -3.12. The van der Waals surface area contributed by atoms with Gasteiger partial charge in [0, 0.05) is 47.1 Å². The topological polar surface area (TPSA) is 72.8 Å². The van der Waals surface area contributed by atoms with Gasteiger partial charge < -0.3 is 9.88 Å². The van der Waals surface area contributed by atoms with Crippen molar-refractivity contribution in [1.82, 2.24) is 9.97 Å². The Balaban J connectivity index is 1.69. The van der Waals surface area contributed by atoms with E-state index in [2.05, 4.69) is 33.1 Å². The molecule has 1 aliphatic heterocycles. The second-order valence-corrected chi connectivity index (χ2v) is 9.37. The van der Waals surface area contributed by atoms with Crippen molar-refractivity contribution in [3.8, 4) is 11.3 Å². The number of fused-ring (bicyclic) bond motifs is 1. The molecule has 1 saturated heterocycles. The van der Waals surface area contributed by atoms with E-state index in [1.165, 1.54) is 12.8 Å². The van der Waals surface area contributed by atoms with Crippen molar-refractivity contribution < 1.29 is 4.21 Å². The molecule has 2 N–H and O–H groups in total. The molecule has 4 aromatic rings. The first-order valence-electron chi connectivity index (χ1n) is 9.80. The summed E-state index contributed by atoms with van der Waals surface area (Å²) in [6, 6.07) is 21.2. The van der Waals surface area contributed by atoms with E-state index >= 15 is 0 Å². The van der Waals surface area contributed by atoms with Crippen LogP contribution in [-0.2, 0) is 9.73 Å². The maximum absolute atomic E-state index is 13.4. The van der Waals surface area contributed by atoms with Gasteiger partial charge >= 0.3 is 0 Å². The number of hydrogen-bond donors (Lipinski definition) is 2. The standard InChI is InChI=1S/C23H22N4OS/c24-29(28,23-9-3-4-12-25-23)18-10-11-22(27-13-5-6-14-27)19(16-18)21-15-17-7-1-2-8-20(17)26-21/h1-4,7-12,15-16,24,26H,5-6,13-14H2. The Morgan fingerprint density at radius 1 is 0.966 bits per heavy atom. The summed E-state index contributed by atoms with van der Waals surface area (Å²) in [5.41, 5.74) is 4.15. The molecule has 1 unspecified atom stereocenters. The molecule has 0 radical (unpaired) electrons. The molecule has 2 aromatic heterocycles. The summed E-state index contributed by atoms with van der Waals surface area (Å²) in [6.07, 6.45) is 3.94. The summed E-state index contributed by atoms with van der Waals surface area (Å²) < 4.78 is 22.0. The van der Waals surface area contributed by atoms with Gasteiger partial charge in [-0.05, 0) is 55.3 Å². The number of hydrogen-bond acceptors (Lipinski definition) is 4. The average molecular weight is 403 g/mol. The third-order valence-electron chi connectivity index (χ3n) is 5.50. The van der Waals surface area contributed by atoms with Crippen molar-refractivity contribution in [1.29, 1.82) is 4.78 Å². The second kappa shape index (κ2) is 7.04. The van der Waals surface area contributed by atoms with Crippen LogP contribution in [0.5, 0.6) is 0 Å². The minimum atomic E-state index is -3.18. The van der Waals surface area contributed by atoms with E-state index in [1.54, 1.807) is 24.4 Å². The number of aromatic nitrogens is 2. The number of nitrogens with zero attached hydrogens (tertiary/aromatic N) is 2. The van der Waals surface area contributed by atoms with Crippen LogP contribution in [0.15, 0.2) is 82.8 Å². The van der Waals surface area contributed by atoms with Crippen molar-refractivity contribution in [2.24, 2.45) is 0 Å². The minimum absolute atomic E-state index is 0.288. The first kappa shape index (κ1) is 17.9. The van der Waals surface area contributed by atoms with Gasteiger partial charge in [-0.15, -0.1) is 0 Å². The maximum atomic E-state index is 13.4. The molecule has 2 aromatic carbocycles. The van der Waals surface area contributed by atoms with Crippen molar-refractivity contribution in [3.05, 3.63) is 72.9 Å². The Labute approximate surface area is 170 Å². The zero-order valence-electron chi connectivity index (χ0n) is 16.0. The molecule has 0 aliphatic carbocycles. The van der Waals surface area contributed by atoms with Crippen LogP contribution in [0, 0.1) is 4.78 Å². The number of H-pyrrole nitrogens is 1. The van der Waals surface area contributed by atoms with Crippen LogP contribution in [0.2, 0.25) is 0 Å². The van der Waals surface area contributed by atoms with Crippen molar-refractivity contribution in [3.63, 3.8) is 0 Å². The molecule has 0 spiro atoms. The highest BCUT2D eigenvalue weighted by molar-refractivity contribution is 7.92. The van der Waals surface area contributed by atoms with Gasteiger partial charge in [-0.1, -0.05) is 24.3 Å². The summed E-state index contributed by atoms with van der Waals surface area (Å²) in [4.78, 5) is 10.5. The predicted octanol–water partition coefficient (Wildman–Crippen LogP) is 5.29. The summed E-state index contributed by atoms with van der Waals surface area (Å²) >= 11 is 0. The molecular formula is C23H22N4OS. The van der Waals surface area contributed by atoms with E-state index in [-0.39, 0.29) is 5.03 Å². The van der Waals surface area contributed by atoms with Crippen LogP contribution in [0.3, 0.4) is 0 Å². The molecule has 1 aliphatic rings. The van der Waals surface area contributed by atoms with E-state index < -0.39 is 9.73 Å². The van der Waals surface area contributed by atoms with Gasteiger partial charge in [0.1, 0.15) is 14.8 Å². The van der Waals surface area contributed by atoms with Gasteiger partial charge in [0.2, 0.25) is 0 Å². The van der Waals surface area contributed by atoms with Gasteiger partial charge in [0.25, 0.3) is 0 Å². The molecule has 3 heterocycles. The number of nitrogens with one attached hydrogen (secondary N) is 2. The summed E-state index contributed by atoms with van der Waals surface area (Å²) in [7, 11) is -3.18. The number of benzene rings is 2. The van der Waals surface area contributed by atoms with E-state index in [4.69, 9.17) is 4.78 Å². The summed E-state index contributed by atoms with van der Waals surface area (Å²) in [6.45, 7) is 2.03. The van der Waals surface area contributed by atoms with E-state index in [1.807, 2.05) is 30.3 Å². The Morgan fingerprint density at radius 2 is 1.76 bits per heavy atom. The predicted molar refractivity (Wildman–Crippen MR) is 117 cm³/mol. The molecule has 1 fully saturated rings. The number of pyridine rings is 1. The quantitative estimate of drug-likeness (QED) is 0.487. The third-order valence-corrected chi connectivity index (χ3v) is 7.25. The normalized spacial score (nSPS) is 16.2. The van der Waals surface area contributed by atoms with Crippen LogP contribution in [0.4, 0.5) is 5.69 Å². The zero-order valence-corrected chi connectivity index (χ0v) is 16.8. The Kier molecular flexibility index (Phi) is 4.36. The highest BCUT2D eigenvalue weighted by Crippen LogP contribution is 2.37. The first-order chi connectivity index (χ1) is 14.1. The van der Waals surface area contributed by atoms with E-state index in [9.17, 15) is 4.21 Å². The van der Waals surface area contributed by atoms with Crippen LogP contribution in [0.1, 0.15) is 12.8 Å². The highest BCUT2D eigenvalue weighted by Gasteiger charge is 2.22. The van der Waals surface area contributed by atoms with Crippen LogP contribution in [-0.4, -0.2) is 27.3 Å². The largest absolute Gasteiger partial charge is 0.371 e. The molecule has 1 atom stereocenters. The monoisotopic (exact) mass is 402 g/mol. The van der Waals surface area contributed by atoms with Gasteiger partial charge in [0.05, 0.1) is 4.90 Å². The summed E-state index contributed by atoms with van der Waals surface area (Å²) in [5.74, 6) is 0. The molecule has 146 valence electrons. The number of anilines is 1. The SMILES string of the molecule is N=S(=O)(c1ccc(N2CCCC2)c(-c2cc3ccccc3[nH]2)c1)c1ccccn1. The number of rotatable bonds is 4. The van der Waals surface area contributed by atoms with Gasteiger partial charge in [0.15, 0.2) is 0 Å². The zero-order chi connectivity index (χ0) is 19.8. The fraction of sp³-hybridized carbons (Fsp3) is 0.174. The average Bonchev–Trinajstić information content (AvgIpc) is 3.44. The van der Waals surface area contributed by atoms with Gasteiger partial charge in [-0.2, -0.15) is 0 Å². The molecular weight excluding hydrogens is 380 g/mol. The van der Waals surface area contributed by atoms with Crippen LogP contribution >= 0.6 is 0 Å². The lowest BCUT2D eigenvalue weighted by molar-refractivity contribution is 0.671. The van der Waals surface area contributed by atoms with Crippen molar-refractivity contribution in [2.75, 3.05) is 18.0 Å². The lowest BCUT2D eigenvalue weighted by atomic mass is 10.1. The van der Waals surface area contributed by atoms with Gasteiger partial charge in [-0.25, -0.2) is 14.0 Å². The smallest absolute Gasteiger partial charge is 0.140 e. The number of aromatic amines is 1. The first-order valence-corrected chi connectivity index (χ1v) is 11.4. The lowest BCUT2D eigenvalue weighted by Gasteiger charge is -2.22. The molecule has 5 nitrogen and oxygen atoms in total. The minimum Gasteiger partial charge on any atom is -0.371 e. The highest BCUT2D eigenvalue weighted by atomic mass is 32.2. The second-order valence-electron chi connectivity index (χ2n) is 7.37. The molecule has 0 amide bonds. The van der Waals surface area contributed by atoms with Crippen LogP contribution < -0.4 is 4.90 Å². The van der Waals surface area contributed by atoms with E-state index in [0.29, 0.717) is 4.90 Å². The van der Waals surface area contributed by atoms with Crippen molar-refractivity contribution >= 4 is 26.3 Å².